The molecular formula is C17H18N2O. The van der Waals surface area contributed by atoms with Crippen LogP contribution in [0.25, 0.3) is 10.9 Å². The van der Waals surface area contributed by atoms with Gasteiger partial charge >= 0.3 is 0 Å². The van der Waals surface area contributed by atoms with E-state index >= 15 is 0 Å². The summed E-state index contributed by atoms with van der Waals surface area (Å²) in [5.41, 5.74) is 9.13. The molecule has 3 N–H and O–H groups in total. The summed E-state index contributed by atoms with van der Waals surface area (Å²) in [5.74, 6) is 0.207. The van der Waals surface area contributed by atoms with Crippen molar-refractivity contribution in [2.45, 2.75) is 5.92 Å². The summed E-state index contributed by atoms with van der Waals surface area (Å²) in [4.78, 5) is 3.22. The second-order valence-electron chi connectivity index (χ2n) is 4.83. The minimum atomic E-state index is 0.207. The Morgan fingerprint density at radius 3 is 2.65 bits per heavy atom. The third-order valence-electron chi connectivity index (χ3n) is 3.58. The third kappa shape index (κ3) is 2.59. The molecule has 0 aliphatic rings. The summed E-state index contributed by atoms with van der Waals surface area (Å²) in [5, 5.41) is 1.22. The topological polar surface area (TPSA) is 51.0 Å². The molecule has 20 heavy (non-hydrogen) atoms. The van der Waals surface area contributed by atoms with Crippen molar-refractivity contribution >= 4 is 10.9 Å². The van der Waals surface area contributed by atoms with Crippen molar-refractivity contribution in [1.29, 1.82) is 0 Å². The van der Waals surface area contributed by atoms with Gasteiger partial charge < -0.3 is 15.5 Å². The van der Waals surface area contributed by atoms with Crippen LogP contribution < -0.4 is 5.73 Å². The van der Waals surface area contributed by atoms with Gasteiger partial charge in [0.05, 0.1) is 13.3 Å². The Balaban J connectivity index is 1.99. The summed E-state index contributed by atoms with van der Waals surface area (Å²) in [6.07, 6.45) is 1.96. The normalized spacial score (nSPS) is 12.7. The first-order valence-corrected chi connectivity index (χ1v) is 6.78. The Hall–Kier alpha value is -2.10. The van der Waals surface area contributed by atoms with Crippen molar-refractivity contribution in [3.8, 4) is 0 Å². The lowest BCUT2D eigenvalue weighted by Gasteiger charge is -2.18. The van der Waals surface area contributed by atoms with Crippen molar-refractivity contribution < 1.29 is 4.74 Å². The lowest BCUT2D eigenvalue weighted by molar-refractivity contribution is 0.134. The molecule has 0 amide bonds. The fourth-order valence-corrected chi connectivity index (χ4v) is 2.54. The van der Waals surface area contributed by atoms with Crippen LogP contribution in [0.3, 0.4) is 0 Å². The predicted molar refractivity (Wildman–Crippen MR) is 81.6 cm³/mol. The molecule has 102 valence electrons. The van der Waals surface area contributed by atoms with Crippen LogP contribution in [0.1, 0.15) is 17.0 Å². The van der Waals surface area contributed by atoms with Crippen LogP contribution >= 0.6 is 0 Å². The van der Waals surface area contributed by atoms with E-state index in [0.717, 1.165) is 5.52 Å². The first kappa shape index (κ1) is 12.9. The molecule has 0 spiro atoms. The molecule has 3 aromatic rings. The predicted octanol–water partition coefficient (Wildman–Crippen LogP) is 3.23. The van der Waals surface area contributed by atoms with E-state index in [1.54, 1.807) is 0 Å². The molecule has 1 aromatic heterocycles. The van der Waals surface area contributed by atoms with Crippen LogP contribution in [0, 0.1) is 0 Å². The van der Waals surface area contributed by atoms with E-state index in [4.69, 9.17) is 10.5 Å². The molecular weight excluding hydrogens is 248 g/mol. The summed E-state index contributed by atoms with van der Waals surface area (Å²) in [6, 6.07) is 19.0. The number of benzene rings is 2. The monoisotopic (exact) mass is 266 g/mol. The Morgan fingerprint density at radius 2 is 1.85 bits per heavy atom. The number of H-pyrrole nitrogens is 1. The molecule has 1 unspecified atom stereocenters. The summed E-state index contributed by atoms with van der Waals surface area (Å²) in [6.45, 7) is 0.839. The summed E-state index contributed by atoms with van der Waals surface area (Å²) < 4.78 is 5.47. The molecule has 1 atom stereocenters. The number of ether oxygens (including phenoxy) is 1. The van der Waals surface area contributed by atoms with Gasteiger partial charge in [0.25, 0.3) is 0 Å². The number of aromatic nitrogens is 1. The zero-order chi connectivity index (χ0) is 13.8. The molecule has 2 aromatic carbocycles. The number of hydrogen-bond acceptors (Lipinski definition) is 2. The smallest absolute Gasteiger partial charge is 0.0940 e. The van der Waals surface area contributed by atoms with E-state index in [0.29, 0.717) is 6.61 Å². The number of nitrogens with two attached hydrogens (primary N) is 1. The number of fused-ring (bicyclic) bond motifs is 1. The van der Waals surface area contributed by atoms with Gasteiger partial charge in [-0.25, -0.2) is 0 Å². The lowest BCUT2D eigenvalue weighted by Crippen LogP contribution is -2.13. The van der Waals surface area contributed by atoms with Gasteiger partial charge in [0, 0.05) is 17.6 Å². The van der Waals surface area contributed by atoms with Crippen LogP contribution in [-0.4, -0.2) is 18.3 Å². The minimum absolute atomic E-state index is 0.207. The van der Waals surface area contributed by atoms with Gasteiger partial charge in [0.15, 0.2) is 0 Å². The largest absolute Gasteiger partial charge is 0.366 e. The van der Waals surface area contributed by atoms with Crippen LogP contribution in [0.4, 0.5) is 0 Å². The summed E-state index contributed by atoms with van der Waals surface area (Å²) >= 11 is 0. The zero-order valence-electron chi connectivity index (χ0n) is 11.3. The Kier molecular flexibility index (Phi) is 3.81. The highest BCUT2D eigenvalue weighted by atomic mass is 16.5. The van der Waals surface area contributed by atoms with Crippen LogP contribution in [0.2, 0.25) is 0 Å². The average molecular weight is 266 g/mol. The Morgan fingerprint density at radius 1 is 1.00 bits per heavy atom. The van der Waals surface area contributed by atoms with E-state index < -0.39 is 0 Å². The highest BCUT2D eigenvalue weighted by molar-refractivity contribution is 5.80. The van der Waals surface area contributed by atoms with Gasteiger partial charge in [-0.3, -0.25) is 0 Å². The molecule has 0 radical (unpaired) electrons. The number of hydrogen-bond donors (Lipinski definition) is 2. The molecule has 0 saturated heterocycles. The molecule has 3 heteroatoms. The highest BCUT2D eigenvalue weighted by Gasteiger charge is 2.14. The van der Waals surface area contributed by atoms with Crippen molar-refractivity contribution in [2.75, 3.05) is 13.3 Å². The fourth-order valence-electron chi connectivity index (χ4n) is 2.54. The van der Waals surface area contributed by atoms with Gasteiger partial charge in [-0.15, -0.1) is 0 Å². The fraction of sp³-hybridized carbons (Fsp3) is 0.176. The molecule has 0 fully saturated rings. The van der Waals surface area contributed by atoms with Gasteiger partial charge in [-0.1, -0.05) is 36.4 Å². The van der Waals surface area contributed by atoms with Gasteiger partial charge in [-0.05, 0) is 34.7 Å². The first-order valence-electron chi connectivity index (χ1n) is 6.78. The van der Waals surface area contributed by atoms with E-state index in [2.05, 4.69) is 53.5 Å². The second kappa shape index (κ2) is 5.90. The molecule has 0 bridgehead atoms. The van der Waals surface area contributed by atoms with E-state index in [1.165, 1.54) is 16.5 Å². The number of nitrogens with one attached hydrogen (secondary N) is 1. The Labute approximate surface area is 118 Å². The molecule has 0 saturated carbocycles. The van der Waals surface area contributed by atoms with Gasteiger partial charge in [0.1, 0.15) is 0 Å². The third-order valence-corrected chi connectivity index (χ3v) is 3.58. The molecule has 0 aliphatic carbocycles. The average Bonchev–Trinajstić information content (AvgIpc) is 2.96. The maximum Gasteiger partial charge on any atom is 0.0940 e. The number of rotatable bonds is 5. The molecule has 1 heterocycles. The standard InChI is InChI=1S/C17H18N2O/c18-12-20-11-16(13-4-2-1-3-5-13)14-6-7-17-15(10-14)8-9-19-17/h1-10,16,19H,11-12,18H2. The Bertz CT molecular complexity index is 676. The molecule has 3 nitrogen and oxygen atoms in total. The maximum absolute atomic E-state index is 5.48. The van der Waals surface area contributed by atoms with Crippen LogP contribution in [-0.2, 0) is 4.74 Å². The molecule has 0 aliphatic heterocycles. The highest BCUT2D eigenvalue weighted by Crippen LogP contribution is 2.27. The van der Waals surface area contributed by atoms with Gasteiger partial charge in [-0.2, -0.15) is 0 Å². The quantitative estimate of drug-likeness (QED) is 0.697. The van der Waals surface area contributed by atoms with Crippen LogP contribution in [0.5, 0.6) is 0 Å². The van der Waals surface area contributed by atoms with Crippen molar-refractivity contribution in [1.82, 2.24) is 4.98 Å². The summed E-state index contributed by atoms with van der Waals surface area (Å²) in [7, 11) is 0. The SMILES string of the molecule is NCOCC(c1ccccc1)c1ccc2[nH]ccc2c1. The van der Waals surface area contributed by atoms with Crippen molar-refractivity contribution in [2.24, 2.45) is 5.73 Å². The van der Waals surface area contributed by atoms with Crippen molar-refractivity contribution in [3.63, 3.8) is 0 Å². The zero-order valence-corrected chi connectivity index (χ0v) is 11.3. The van der Waals surface area contributed by atoms with E-state index in [9.17, 15) is 0 Å². The second-order valence-corrected chi connectivity index (χ2v) is 4.83. The van der Waals surface area contributed by atoms with Gasteiger partial charge in [0.2, 0.25) is 0 Å². The first-order chi connectivity index (χ1) is 9.88. The molecule has 3 rings (SSSR count). The van der Waals surface area contributed by atoms with E-state index in [1.807, 2.05) is 12.3 Å². The minimum Gasteiger partial charge on any atom is -0.366 e. The van der Waals surface area contributed by atoms with E-state index in [-0.39, 0.29) is 12.6 Å². The van der Waals surface area contributed by atoms with Crippen LogP contribution in [0.15, 0.2) is 60.8 Å². The lowest BCUT2D eigenvalue weighted by atomic mass is 9.91. The maximum atomic E-state index is 5.48. The number of aromatic amines is 1. The van der Waals surface area contributed by atoms with Crippen molar-refractivity contribution in [3.05, 3.63) is 71.9 Å².